The van der Waals surface area contributed by atoms with Gasteiger partial charge in [0.1, 0.15) is 0 Å². The van der Waals surface area contributed by atoms with Gasteiger partial charge >= 0.3 is 5.97 Å². The quantitative estimate of drug-likeness (QED) is 0.725. The molecule has 0 amide bonds. The first-order chi connectivity index (χ1) is 7.72. The highest BCUT2D eigenvalue weighted by Crippen LogP contribution is 2.18. The fraction of sp³-hybridized carbons (Fsp3) is 0.231. The minimum Gasteiger partial charge on any atom is -0.465 e. The zero-order chi connectivity index (χ0) is 12.0. The lowest BCUT2D eigenvalue weighted by atomic mass is 9.99. The summed E-state index contributed by atoms with van der Waals surface area (Å²) in [6, 6.07) is 9.09. The van der Waals surface area contributed by atoms with Crippen LogP contribution in [0, 0.1) is 11.3 Å². The summed E-state index contributed by atoms with van der Waals surface area (Å²) in [5.41, 5.74) is 1.51. The van der Waals surface area contributed by atoms with Crippen molar-refractivity contribution in [3.05, 3.63) is 42.0 Å². The predicted molar refractivity (Wildman–Crippen MR) is 61.5 cm³/mol. The van der Waals surface area contributed by atoms with E-state index in [1.165, 1.54) is 0 Å². The molecule has 0 N–H and O–H groups in total. The van der Waals surface area contributed by atoms with Gasteiger partial charge in [-0.3, -0.25) is 4.79 Å². The third-order valence-corrected chi connectivity index (χ3v) is 2.13. The molecule has 3 heteroatoms. The molecule has 0 fully saturated rings. The first-order valence-electron chi connectivity index (χ1n) is 5.01. The summed E-state index contributed by atoms with van der Waals surface area (Å²) in [6.45, 7) is 5.63. The van der Waals surface area contributed by atoms with Gasteiger partial charge in [-0.05, 0) is 24.1 Å². The van der Waals surface area contributed by atoms with Crippen molar-refractivity contribution >= 4 is 12.0 Å². The van der Waals surface area contributed by atoms with Gasteiger partial charge in [-0.15, -0.1) is 0 Å². The number of rotatable bonds is 4. The molecule has 0 aliphatic heterocycles. The van der Waals surface area contributed by atoms with Gasteiger partial charge in [-0.1, -0.05) is 30.9 Å². The maximum atomic E-state index is 11.5. The second-order valence-electron chi connectivity index (χ2n) is 3.19. The summed E-state index contributed by atoms with van der Waals surface area (Å²) in [5.74, 6) is -1.37. The van der Waals surface area contributed by atoms with E-state index >= 15 is 0 Å². The molecule has 82 valence electrons. The van der Waals surface area contributed by atoms with Crippen LogP contribution in [0.5, 0.6) is 0 Å². The second-order valence-corrected chi connectivity index (χ2v) is 3.19. The smallest absolute Gasteiger partial charge is 0.327 e. The van der Waals surface area contributed by atoms with Crippen LogP contribution in [0.2, 0.25) is 0 Å². The summed E-state index contributed by atoms with van der Waals surface area (Å²) in [6.07, 6.45) is 1.67. The zero-order valence-electron chi connectivity index (χ0n) is 9.14. The van der Waals surface area contributed by atoms with Crippen LogP contribution in [0.3, 0.4) is 0 Å². The van der Waals surface area contributed by atoms with Crippen LogP contribution >= 0.6 is 0 Å². The molecule has 0 spiro atoms. The third kappa shape index (κ3) is 2.71. The van der Waals surface area contributed by atoms with Gasteiger partial charge in [0.2, 0.25) is 0 Å². The lowest BCUT2D eigenvalue weighted by Gasteiger charge is -2.08. The summed E-state index contributed by atoms with van der Waals surface area (Å²) in [4.78, 5) is 11.5. The SMILES string of the molecule is C=Cc1cccc(C(C#N)C(=O)OCC)c1. The molecule has 0 aliphatic carbocycles. The van der Waals surface area contributed by atoms with Crippen molar-refractivity contribution in [3.63, 3.8) is 0 Å². The van der Waals surface area contributed by atoms with E-state index in [2.05, 4.69) is 6.58 Å². The number of nitriles is 1. The van der Waals surface area contributed by atoms with E-state index in [1.54, 1.807) is 31.2 Å². The molecule has 0 saturated heterocycles. The largest absolute Gasteiger partial charge is 0.465 e. The third-order valence-electron chi connectivity index (χ3n) is 2.13. The molecular weight excluding hydrogens is 202 g/mol. The molecule has 0 saturated carbocycles. The number of carbonyl (C=O) groups is 1. The number of esters is 1. The minimum absolute atomic E-state index is 0.276. The molecule has 1 unspecified atom stereocenters. The van der Waals surface area contributed by atoms with E-state index < -0.39 is 11.9 Å². The van der Waals surface area contributed by atoms with Crippen LogP contribution in [-0.2, 0) is 9.53 Å². The molecule has 0 bridgehead atoms. The highest BCUT2D eigenvalue weighted by Gasteiger charge is 2.21. The lowest BCUT2D eigenvalue weighted by Crippen LogP contribution is -2.14. The highest BCUT2D eigenvalue weighted by molar-refractivity contribution is 5.81. The Kier molecular flexibility index (Phi) is 4.28. The van der Waals surface area contributed by atoms with Crippen molar-refractivity contribution < 1.29 is 9.53 Å². The second kappa shape index (κ2) is 5.72. The van der Waals surface area contributed by atoms with Crippen LogP contribution in [0.15, 0.2) is 30.8 Å². The Morgan fingerprint density at radius 3 is 3.00 bits per heavy atom. The summed E-state index contributed by atoms with van der Waals surface area (Å²) in [5, 5.41) is 8.96. The normalized spacial score (nSPS) is 11.2. The van der Waals surface area contributed by atoms with Gasteiger partial charge in [0.15, 0.2) is 5.92 Å². The molecular formula is C13H13NO2. The van der Waals surface area contributed by atoms with Crippen molar-refractivity contribution in [1.29, 1.82) is 5.26 Å². The zero-order valence-corrected chi connectivity index (χ0v) is 9.14. The minimum atomic E-state index is -0.861. The van der Waals surface area contributed by atoms with E-state index in [0.29, 0.717) is 5.56 Å². The molecule has 0 aromatic heterocycles. The topological polar surface area (TPSA) is 50.1 Å². The van der Waals surface area contributed by atoms with Crippen LogP contribution in [0.4, 0.5) is 0 Å². The number of carbonyl (C=O) groups excluding carboxylic acids is 1. The number of nitrogens with zero attached hydrogens (tertiary/aromatic N) is 1. The van der Waals surface area contributed by atoms with Gasteiger partial charge in [0, 0.05) is 0 Å². The van der Waals surface area contributed by atoms with Gasteiger partial charge in [0.25, 0.3) is 0 Å². The van der Waals surface area contributed by atoms with Crippen molar-refractivity contribution in [2.24, 2.45) is 0 Å². The monoisotopic (exact) mass is 215 g/mol. The van der Waals surface area contributed by atoms with E-state index in [1.807, 2.05) is 12.1 Å². The van der Waals surface area contributed by atoms with Crippen molar-refractivity contribution in [2.45, 2.75) is 12.8 Å². The lowest BCUT2D eigenvalue weighted by molar-refractivity contribution is -0.143. The molecule has 16 heavy (non-hydrogen) atoms. The molecule has 0 radical (unpaired) electrons. The molecule has 0 heterocycles. The van der Waals surface area contributed by atoms with E-state index in [0.717, 1.165) is 5.56 Å². The summed E-state index contributed by atoms with van der Waals surface area (Å²) >= 11 is 0. The first-order valence-corrected chi connectivity index (χ1v) is 5.01. The van der Waals surface area contributed by atoms with Gasteiger partial charge in [-0.25, -0.2) is 0 Å². The van der Waals surface area contributed by atoms with E-state index in [-0.39, 0.29) is 6.61 Å². The molecule has 1 aromatic rings. The Labute approximate surface area is 95.0 Å². The number of hydrogen-bond acceptors (Lipinski definition) is 3. The predicted octanol–water partition coefficient (Wildman–Crippen LogP) is 2.50. The Bertz CT molecular complexity index is 432. The van der Waals surface area contributed by atoms with Gasteiger partial charge < -0.3 is 4.74 Å². The maximum Gasteiger partial charge on any atom is 0.327 e. The summed E-state index contributed by atoms with van der Waals surface area (Å²) in [7, 11) is 0. The van der Waals surface area contributed by atoms with Crippen molar-refractivity contribution in [2.75, 3.05) is 6.61 Å². The van der Waals surface area contributed by atoms with E-state index in [9.17, 15) is 4.79 Å². The number of benzene rings is 1. The highest BCUT2D eigenvalue weighted by atomic mass is 16.5. The van der Waals surface area contributed by atoms with Crippen LogP contribution in [0.25, 0.3) is 6.08 Å². The Morgan fingerprint density at radius 2 is 2.44 bits per heavy atom. The van der Waals surface area contributed by atoms with E-state index in [4.69, 9.17) is 10.00 Å². The number of ether oxygens (including phenoxy) is 1. The van der Waals surface area contributed by atoms with Gasteiger partial charge in [-0.2, -0.15) is 5.26 Å². The van der Waals surface area contributed by atoms with Crippen molar-refractivity contribution in [3.8, 4) is 6.07 Å². The maximum absolute atomic E-state index is 11.5. The number of hydrogen-bond donors (Lipinski definition) is 0. The summed E-state index contributed by atoms with van der Waals surface area (Å²) < 4.78 is 4.84. The molecule has 1 aromatic carbocycles. The Hall–Kier alpha value is -2.08. The van der Waals surface area contributed by atoms with Crippen LogP contribution in [-0.4, -0.2) is 12.6 Å². The van der Waals surface area contributed by atoms with Crippen LogP contribution < -0.4 is 0 Å². The molecule has 1 atom stereocenters. The molecule has 0 aliphatic rings. The average molecular weight is 215 g/mol. The van der Waals surface area contributed by atoms with Crippen molar-refractivity contribution in [1.82, 2.24) is 0 Å². The fourth-order valence-electron chi connectivity index (χ4n) is 1.35. The Balaban J connectivity index is 3.00. The standard InChI is InChI=1S/C13H13NO2/c1-3-10-6-5-7-11(8-10)12(9-14)13(15)16-4-2/h3,5-8,12H,1,4H2,2H3. The average Bonchev–Trinajstić information content (AvgIpc) is 2.31. The molecule has 1 rings (SSSR count). The van der Waals surface area contributed by atoms with Gasteiger partial charge in [0.05, 0.1) is 12.7 Å². The fourth-order valence-corrected chi connectivity index (χ4v) is 1.35. The van der Waals surface area contributed by atoms with Crippen LogP contribution in [0.1, 0.15) is 24.0 Å². The Morgan fingerprint density at radius 1 is 1.69 bits per heavy atom. The first kappa shape index (κ1) is 12.0. The molecule has 3 nitrogen and oxygen atoms in total.